The fourth-order valence-electron chi connectivity index (χ4n) is 3.50. The average Bonchev–Trinajstić information content (AvgIpc) is 2.73. The molecule has 1 aromatic carbocycles. The van der Waals surface area contributed by atoms with Crippen LogP contribution in [0.1, 0.15) is 27.2 Å². The Balaban J connectivity index is 1.82. The molecule has 2 unspecified atom stereocenters. The molecular weight excluding hydrogens is 368 g/mol. The number of ether oxygens (including phenoxy) is 3. The second kappa shape index (κ2) is 12.5. The van der Waals surface area contributed by atoms with Crippen LogP contribution in [0.5, 0.6) is 11.5 Å². The number of para-hydroxylation sites is 2. The van der Waals surface area contributed by atoms with E-state index in [1.807, 2.05) is 31.2 Å². The number of nitrogens with one attached hydrogen (secondary N) is 2. The minimum atomic E-state index is -0.0319. The Hall–Kier alpha value is -1.99. The van der Waals surface area contributed by atoms with Crippen LogP contribution >= 0.6 is 0 Å². The van der Waals surface area contributed by atoms with Gasteiger partial charge in [-0.2, -0.15) is 0 Å². The highest BCUT2D eigenvalue weighted by Gasteiger charge is 2.22. The Bertz CT molecular complexity index is 618. The number of benzene rings is 1. The molecule has 2 atom stereocenters. The lowest BCUT2D eigenvalue weighted by atomic mass is 10.0. The number of hydrogen-bond acceptors (Lipinski definition) is 5. The summed E-state index contributed by atoms with van der Waals surface area (Å²) < 4.78 is 16.9. The zero-order valence-corrected chi connectivity index (χ0v) is 18.6. The molecule has 7 heteroatoms. The number of nitrogens with zero attached hydrogens (tertiary/aromatic N) is 2. The van der Waals surface area contributed by atoms with Crippen LogP contribution in [0, 0.1) is 5.92 Å². The molecule has 164 valence electrons. The van der Waals surface area contributed by atoms with Crippen LogP contribution in [0.4, 0.5) is 0 Å². The molecule has 0 saturated carbocycles. The van der Waals surface area contributed by atoms with Gasteiger partial charge in [0.05, 0.1) is 26.9 Å². The van der Waals surface area contributed by atoms with Gasteiger partial charge in [-0.15, -0.1) is 0 Å². The normalized spacial score (nSPS) is 17.7. The van der Waals surface area contributed by atoms with Gasteiger partial charge in [-0.1, -0.05) is 26.0 Å². The molecule has 1 aromatic rings. The summed E-state index contributed by atoms with van der Waals surface area (Å²) in [6.07, 6.45) is 1.12. The molecule has 1 fully saturated rings. The number of methoxy groups -OCH3 is 1. The van der Waals surface area contributed by atoms with Crippen LogP contribution in [0.25, 0.3) is 0 Å². The first kappa shape index (κ1) is 23.3. The summed E-state index contributed by atoms with van der Waals surface area (Å²) in [7, 11) is 3.45. The third-order valence-electron chi connectivity index (χ3n) is 4.99. The summed E-state index contributed by atoms with van der Waals surface area (Å²) in [4.78, 5) is 6.89. The van der Waals surface area contributed by atoms with Crippen LogP contribution in [-0.2, 0) is 4.74 Å². The van der Waals surface area contributed by atoms with Crippen LogP contribution in [0.15, 0.2) is 29.3 Å². The molecule has 0 aromatic heterocycles. The number of morpholine rings is 1. The minimum absolute atomic E-state index is 0.0319. The molecule has 1 aliphatic rings. The lowest BCUT2D eigenvalue weighted by Gasteiger charge is -2.35. The topological polar surface area (TPSA) is 67.4 Å². The van der Waals surface area contributed by atoms with Gasteiger partial charge in [-0.3, -0.25) is 9.89 Å². The van der Waals surface area contributed by atoms with Gasteiger partial charge in [-0.05, 0) is 31.4 Å². The van der Waals surface area contributed by atoms with E-state index in [0.29, 0.717) is 18.5 Å². The number of rotatable bonds is 10. The smallest absolute Gasteiger partial charge is 0.191 e. The molecule has 29 heavy (non-hydrogen) atoms. The van der Waals surface area contributed by atoms with Crippen molar-refractivity contribution in [3.63, 3.8) is 0 Å². The maximum atomic E-state index is 6.01. The summed E-state index contributed by atoms with van der Waals surface area (Å²) in [5.74, 6) is 2.93. The molecule has 2 N–H and O–H groups in total. The Morgan fingerprint density at radius 1 is 1.10 bits per heavy atom. The fourth-order valence-corrected chi connectivity index (χ4v) is 3.50. The van der Waals surface area contributed by atoms with Crippen molar-refractivity contribution in [2.45, 2.75) is 39.3 Å². The van der Waals surface area contributed by atoms with Gasteiger partial charge in [0.25, 0.3) is 0 Å². The highest BCUT2D eigenvalue weighted by Crippen LogP contribution is 2.26. The van der Waals surface area contributed by atoms with Crippen LogP contribution in [0.2, 0.25) is 0 Å². The van der Waals surface area contributed by atoms with E-state index in [-0.39, 0.29) is 6.10 Å². The lowest BCUT2D eigenvalue weighted by Crippen LogP contribution is -2.51. The molecule has 0 radical (unpaired) electrons. The van der Waals surface area contributed by atoms with Crippen molar-refractivity contribution in [2.75, 3.05) is 53.6 Å². The average molecular weight is 407 g/mol. The monoisotopic (exact) mass is 406 g/mol. The van der Waals surface area contributed by atoms with Crippen molar-refractivity contribution < 1.29 is 14.2 Å². The third kappa shape index (κ3) is 8.11. The van der Waals surface area contributed by atoms with Crippen molar-refractivity contribution in [1.29, 1.82) is 0 Å². The summed E-state index contributed by atoms with van der Waals surface area (Å²) >= 11 is 0. The first-order valence-electron chi connectivity index (χ1n) is 10.6. The van der Waals surface area contributed by atoms with Gasteiger partial charge in [0, 0.05) is 32.7 Å². The molecule has 1 saturated heterocycles. The van der Waals surface area contributed by atoms with E-state index >= 15 is 0 Å². The van der Waals surface area contributed by atoms with E-state index in [2.05, 4.69) is 34.4 Å². The van der Waals surface area contributed by atoms with Gasteiger partial charge >= 0.3 is 0 Å². The van der Waals surface area contributed by atoms with Crippen molar-refractivity contribution in [3.05, 3.63) is 24.3 Å². The molecule has 1 heterocycles. The van der Waals surface area contributed by atoms with Crippen molar-refractivity contribution in [3.8, 4) is 11.5 Å². The SMILES string of the molecule is CN=C(NCC(C)Oc1ccccc1OC)NCC(CC(C)C)N1CCOCC1. The number of hydrogen-bond donors (Lipinski definition) is 2. The second-order valence-electron chi connectivity index (χ2n) is 7.85. The van der Waals surface area contributed by atoms with Gasteiger partial charge < -0.3 is 24.8 Å². The Kier molecular flexibility index (Phi) is 10.1. The maximum Gasteiger partial charge on any atom is 0.191 e. The molecule has 2 rings (SSSR count). The van der Waals surface area contributed by atoms with Crippen LogP contribution in [0.3, 0.4) is 0 Å². The Labute approximate surface area is 175 Å². The second-order valence-corrected chi connectivity index (χ2v) is 7.85. The first-order chi connectivity index (χ1) is 14.0. The van der Waals surface area contributed by atoms with E-state index in [4.69, 9.17) is 14.2 Å². The highest BCUT2D eigenvalue weighted by atomic mass is 16.5. The molecule has 0 bridgehead atoms. The molecule has 0 amide bonds. The molecule has 7 nitrogen and oxygen atoms in total. The van der Waals surface area contributed by atoms with Gasteiger partial charge in [0.1, 0.15) is 6.10 Å². The standard InChI is InChI=1S/C22H38N4O3/c1-17(2)14-19(26-10-12-28-13-11-26)16-25-22(23-4)24-15-18(3)29-21-9-7-6-8-20(21)27-5/h6-9,17-19H,10-16H2,1-5H3,(H2,23,24,25). The predicted octanol–water partition coefficient (Wildman–Crippen LogP) is 2.37. The van der Waals surface area contributed by atoms with E-state index in [0.717, 1.165) is 56.7 Å². The zero-order valence-electron chi connectivity index (χ0n) is 18.6. The molecule has 0 spiro atoms. The minimum Gasteiger partial charge on any atom is -0.493 e. The molecular formula is C22H38N4O3. The first-order valence-corrected chi connectivity index (χ1v) is 10.6. The number of guanidine groups is 1. The van der Waals surface area contributed by atoms with Crippen LogP contribution in [-0.4, -0.2) is 76.6 Å². The van der Waals surface area contributed by atoms with Gasteiger partial charge in [0.2, 0.25) is 0 Å². The molecule has 1 aliphatic heterocycles. The Morgan fingerprint density at radius 2 is 1.76 bits per heavy atom. The van der Waals surface area contributed by atoms with E-state index < -0.39 is 0 Å². The van der Waals surface area contributed by atoms with E-state index in [9.17, 15) is 0 Å². The zero-order chi connectivity index (χ0) is 21.1. The van der Waals surface area contributed by atoms with Crippen molar-refractivity contribution in [2.24, 2.45) is 10.9 Å². The van der Waals surface area contributed by atoms with Crippen LogP contribution < -0.4 is 20.1 Å². The van der Waals surface area contributed by atoms with Crippen molar-refractivity contribution in [1.82, 2.24) is 15.5 Å². The summed E-state index contributed by atoms with van der Waals surface area (Å²) in [6.45, 7) is 11.7. The lowest BCUT2D eigenvalue weighted by molar-refractivity contribution is 0.0132. The van der Waals surface area contributed by atoms with E-state index in [1.54, 1.807) is 14.2 Å². The summed E-state index contributed by atoms with van der Waals surface area (Å²) in [5.41, 5.74) is 0. The predicted molar refractivity (Wildman–Crippen MR) is 118 cm³/mol. The third-order valence-corrected chi connectivity index (χ3v) is 4.99. The fraction of sp³-hybridized carbons (Fsp3) is 0.682. The number of aliphatic imine (C=N–C) groups is 1. The van der Waals surface area contributed by atoms with Crippen molar-refractivity contribution >= 4 is 5.96 Å². The summed E-state index contributed by atoms with van der Waals surface area (Å²) in [5, 5.41) is 6.86. The Morgan fingerprint density at radius 3 is 2.38 bits per heavy atom. The molecule has 0 aliphatic carbocycles. The quantitative estimate of drug-likeness (QED) is 0.459. The van der Waals surface area contributed by atoms with E-state index in [1.165, 1.54) is 0 Å². The largest absolute Gasteiger partial charge is 0.493 e. The van der Waals surface area contributed by atoms with Gasteiger partial charge in [-0.25, -0.2) is 0 Å². The summed E-state index contributed by atoms with van der Waals surface area (Å²) in [6, 6.07) is 8.17. The van der Waals surface area contributed by atoms with Gasteiger partial charge in [0.15, 0.2) is 17.5 Å². The highest BCUT2D eigenvalue weighted by molar-refractivity contribution is 5.79. The maximum absolute atomic E-state index is 6.01.